The van der Waals surface area contributed by atoms with Gasteiger partial charge in [0, 0.05) is 42.9 Å². The number of phenolic OH excluding ortho intramolecular Hbond substituents is 2. The fourth-order valence-electron chi connectivity index (χ4n) is 4.57. The molecule has 0 saturated heterocycles. The fraction of sp³-hybridized carbons (Fsp3) is 0.214. The lowest BCUT2D eigenvalue weighted by molar-refractivity contribution is 0.0749. The van der Waals surface area contributed by atoms with E-state index in [2.05, 4.69) is 10.4 Å². The lowest BCUT2D eigenvalue weighted by atomic mass is 10.1. The van der Waals surface area contributed by atoms with Crippen molar-refractivity contribution in [3.05, 3.63) is 88.7 Å². The van der Waals surface area contributed by atoms with Crippen LogP contribution in [0.4, 0.5) is 15.9 Å². The second-order valence-electron chi connectivity index (χ2n) is 9.33. The Kier molecular flexibility index (Phi) is 5.88. The largest absolute Gasteiger partial charge is 0.508 e. The Balaban J connectivity index is 1.54. The van der Waals surface area contributed by atoms with Crippen LogP contribution < -0.4 is 5.32 Å². The van der Waals surface area contributed by atoms with Gasteiger partial charge in [0.25, 0.3) is 5.91 Å². The maximum atomic E-state index is 14.8. The summed E-state index contributed by atoms with van der Waals surface area (Å²) in [6.45, 7) is 6.41. The zero-order valence-corrected chi connectivity index (χ0v) is 20.3. The molecular weight excluding hydrogens is 459 g/mol. The van der Waals surface area contributed by atoms with Crippen molar-refractivity contribution in [2.45, 2.75) is 39.9 Å². The van der Waals surface area contributed by atoms with Crippen molar-refractivity contribution >= 4 is 17.4 Å². The van der Waals surface area contributed by atoms with Gasteiger partial charge in [-0.2, -0.15) is 5.10 Å². The zero-order chi connectivity index (χ0) is 25.6. The number of phenols is 2. The Hall–Kier alpha value is -4.33. The molecule has 1 amide bonds. The maximum absolute atomic E-state index is 14.8. The van der Waals surface area contributed by atoms with E-state index >= 15 is 0 Å². The summed E-state index contributed by atoms with van der Waals surface area (Å²) in [5, 5.41) is 28.7. The van der Waals surface area contributed by atoms with E-state index in [1.165, 1.54) is 6.07 Å². The molecule has 0 spiro atoms. The number of aromatic nitrogens is 2. The molecule has 0 fully saturated rings. The van der Waals surface area contributed by atoms with Crippen molar-refractivity contribution in [2.75, 3.05) is 5.32 Å². The highest BCUT2D eigenvalue weighted by Gasteiger charge is 2.29. The number of nitrogens with one attached hydrogen (secondary N) is 1. The number of hydrogen-bond donors (Lipinski definition) is 3. The summed E-state index contributed by atoms with van der Waals surface area (Å²) in [5.41, 5.74) is 3.69. The summed E-state index contributed by atoms with van der Waals surface area (Å²) >= 11 is 0. The number of benzene rings is 3. The number of aryl methyl sites for hydroxylation is 1. The van der Waals surface area contributed by atoms with Crippen molar-refractivity contribution in [1.29, 1.82) is 0 Å². The normalized spacial score (nSPS) is 12.8. The van der Waals surface area contributed by atoms with Crippen molar-refractivity contribution in [1.82, 2.24) is 14.7 Å². The number of fused-ring (bicyclic) bond motifs is 1. The molecule has 2 heterocycles. The standard InChI is InChI=1S/C28H27FN4O3/c1-16(2)33-25(13-22(31-33)21-10-6-7-17(3)27(21)29)30-23-11-20(34)12-24(35)26(23)28(36)32-14-18-8-4-5-9-19(18)15-32/h4-13,16,30,34-35H,14-15H2,1-3H3. The Labute approximate surface area is 208 Å². The lowest BCUT2D eigenvalue weighted by Crippen LogP contribution is -2.26. The second-order valence-corrected chi connectivity index (χ2v) is 9.33. The Morgan fingerprint density at radius 2 is 1.72 bits per heavy atom. The molecule has 7 nitrogen and oxygen atoms in total. The molecule has 5 rings (SSSR count). The maximum Gasteiger partial charge on any atom is 0.260 e. The fourth-order valence-corrected chi connectivity index (χ4v) is 4.57. The van der Waals surface area contributed by atoms with E-state index in [0.29, 0.717) is 35.7 Å². The topological polar surface area (TPSA) is 90.6 Å². The van der Waals surface area contributed by atoms with E-state index in [1.807, 2.05) is 38.1 Å². The Morgan fingerprint density at radius 1 is 1.03 bits per heavy atom. The SMILES string of the molecule is Cc1cccc(-c2cc(Nc3cc(O)cc(O)c3C(=O)N3Cc4ccccc4C3)n(C(C)C)n2)c1F. The number of hydrogen-bond acceptors (Lipinski definition) is 5. The lowest BCUT2D eigenvalue weighted by Gasteiger charge is -2.20. The molecule has 184 valence electrons. The molecule has 0 unspecified atom stereocenters. The minimum Gasteiger partial charge on any atom is -0.508 e. The summed E-state index contributed by atoms with van der Waals surface area (Å²) in [7, 11) is 0. The summed E-state index contributed by atoms with van der Waals surface area (Å²) in [6, 6.07) is 17.1. The number of aromatic hydroxyl groups is 2. The summed E-state index contributed by atoms with van der Waals surface area (Å²) in [4.78, 5) is 15.2. The average Bonchev–Trinajstić information content (AvgIpc) is 3.45. The summed E-state index contributed by atoms with van der Waals surface area (Å²) < 4.78 is 16.5. The van der Waals surface area contributed by atoms with Gasteiger partial charge in [0.05, 0.1) is 11.4 Å². The van der Waals surface area contributed by atoms with E-state index < -0.39 is 0 Å². The molecule has 0 bridgehead atoms. The monoisotopic (exact) mass is 486 g/mol. The number of carbonyl (C=O) groups excluding carboxylic acids is 1. The third-order valence-corrected chi connectivity index (χ3v) is 6.40. The van der Waals surface area contributed by atoms with Crippen molar-refractivity contribution in [2.24, 2.45) is 0 Å². The van der Waals surface area contributed by atoms with Crippen LogP contribution in [0.3, 0.4) is 0 Å². The van der Waals surface area contributed by atoms with Gasteiger partial charge in [-0.1, -0.05) is 36.4 Å². The molecular formula is C28H27FN4O3. The number of amides is 1. The van der Waals surface area contributed by atoms with Crippen molar-refractivity contribution in [3.63, 3.8) is 0 Å². The number of carbonyl (C=O) groups is 1. The van der Waals surface area contributed by atoms with E-state index in [-0.39, 0.29) is 40.5 Å². The molecule has 1 aliphatic rings. The minimum absolute atomic E-state index is 0.0420. The molecule has 3 aromatic carbocycles. The average molecular weight is 487 g/mol. The molecule has 0 aliphatic carbocycles. The minimum atomic E-state index is -0.369. The number of halogens is 1. The van der Waals surface area contributed by atoms with Crippen LogP contribution in [0, 0.1) is 12.7 Å². The van der Waals surface area contributed by atoms with E-state index in [0.717, 1.165) is 17.2 Å². The van der Waals surface area contributed by atoms with Gasteiger partial charge >= 0.3 is 0 Å². The van der Waals surface area contributed by atoms with Gasteiger partial charge in [0.2, 0.25) is 0 Å². The van der Waals surface area contributed by atoms with Gasteiger partial charge in [-0.05, 0) is 43.5 Å². The Morgan fingerprint density at radius 3 is 2.39 bits per heavy atom. The van der Waals surface area contributed by atoms with Crippen LogP contribution in [0.5, 0.6) is 11.5 Å². The number of nitrogens with zero attached hydrogens (tertiary/aromatic N) is 3. The predicted molar refractivity (Wildman–Crippen MR) is 136 cm³/mol. The molecule has 36 heavy (non-hydrogen) atoms. The van der Waals surface area contributed by atoms with Crippen LogP contribution in [0.2, 0.25) is 0 Å². The first-order valence-corrected chi connectivity index (χ1v) is 11.8. The predicted octanol–water partition coefficient (Wildman–Crippen LogP) is 5.89. The first kappa shape index (κ1) is 23.4. The van der Waals surface area contributed by atoms with Gasteiger partial charge in [0.15, 0.2) is 0 Å². The van der Waals surface area contributed by atoms with Crippen molar-refractivity contribution in [3.8, 4) is 22.8 Å². The van der Waals surface area contributed by atoms with Crippen LogP contribution >= 0.6 is 0 Å². The van der Waals surface area contributed by atoms with E-state index in [9.17, 15) is 19.4 Å². The van der Waals surface area contributed by atoms with Crippen LogP contribution in [0.15, 0.2) is 60.7 Å². The van der Waals surface area contributed by atoms with Gasteiger partial charge in [-0.15, -0.1) is 0 Å². The van der Waals surface area contributed by atoms with Gasteiger partial charge in [-0.3, -0.25) is 4.79 Å². The molecule has 1 aliphatic heterocycles. The third kappa shape index (κ3) is 4.15. The zero-order valence-electron chi connectivity index (χ0n) is 20.3. The molecule has 8 heteroatoms. The summed E-state index contributed by atoms with van der Waals surface area (Å²) in [6.07, 6.45) is 0. The number of anilines is 2. The van der Waals surface area contributed by atoms with Crippen LogP contribution in [-0.2, 0) is 13.1 Å². The Bertz CT molecular complexity index is 1450. The van der Waals surface area contributed by atoms with Gasteiger partial charge < -0.3 is 20.4 Å². The van der Waals surface area contributed by atoms with Crippen LogP contribution in [-0.4, -0.2) is 30.8 Å². The van der Waals surface area contributed by atoms with E-state index in [1.54, 1.807) is 40.8 Å². The summed E-state index contributed by atoms with van der Waals surface area (Å²) in [5.74, 6) is -0.760. The van der Waals surface area contributed by atoms with E-state index in [4.69, 9.17) is 0 Å². The van der Waals surface area contributed by atoms with Gasteiger partial charge in [0.1, 0.15) is 28.7 Å². The smallest absolute Gasteiger partial charge is 0.260 e. The highest BCUT2D eigenvalue weighted by Crippen LogP contribution is 2.37. The van der Waals surface area contributed by atoms with Gasteiger partial charge in [-0.25, -0.2) is 9.07 Å². The third-order valence-electron chi connectivity index (χ3n) is 6.40. The molecule has 0 radical (unpaired) electrons. The number of rotatable bonds is 5. The highest BCUT2D eigenvalue weighted by molar-refractivity contribution is 6.03. The molecule has 0 atom stereocenters. The van der Waals surface area contributed by atoms with Crippen molar-refractivity contribution < 1.29 is 19.4 Å². The first-order valence-electron chi connectivity index (χ1n) is 11.8. The van der Waals surface area contributed by atoms with Crippen LogP contribution in [0.25, 0.3) is 11.3 Å². The quantitative estimate of drug-likeness (QED) is 0.327. The molecule has 3 N–H and O–H groups in total. The first-order chi connectivity index (χ1) is 17.2. The molecule has 4 aromatic rings. The molecule has 1 aromatic heterocycles. The second kappa shape index (κ2) is 9.03. The highest BCUT2D eigenvalue weighted by atomic mass is 19.1. The molecule has 0 saturated carbocycles. The van der Waals surface area contributed by atoms with Crippen LogP contribution in [0.1, 0.15) is 46.9 Å².